The third-order valence-electron chi connectivity index (χ3n) is 3.48. The molecule has 0 heterocycles. The Bertz CT molecular complexity index is 686. The van der Waals surface area contributed by atoms with E-state index < -0.39 is 0 Å². The molecule has 0 aliphatic heterocycles. The summed E-state index contributed by atoms with van der Waals surface area (Å²) in [5.74, 6) is 1.64. The van der Waals surface area contributed by atoms with E-state index in [1.165, 1.54) is 11.8 Å². The fourth-order valence-corrected chi connectivity index (χ4v) is 3.14. The third kappa shape index (κ3) is 6.35. The summed E-state index contributed by atoms with van der Waals surface area (Å²) in [6.45, 7) is 6.38. The van der Waals surface area contributed by atoms with Crippen LogP contribution in [-0.4, -0.2) is 24.4 Å². The van der Waals surface area contributed by atoms with Crippen LogP contribution in [-0.2, 0) is 11.3 Å². The average Bonchev–Trinajstić information content (AvgIpc) is 2.60. The largest absolute Gasteiger partial charge is 0.497 e. The molecule has 0 radical (unpaired) electrons. The Morgan fingerprint density at radius 1 is 1.08 bits per heavy atom. The quantitative estimate of drug-likeness (QED) is 0.715. The Morgan fingerprint density at radius 2 is 1.80 bits per heavy atom. The highest BCUT2D eigenvalue weighted by Crippen LogP contribution is 2.25. The monoisotopic (exact) mass is 359 g/mol. The van der Waals surface area contributed by atoms with Gasteiger partial charge in [-0.25, -0.2) is 0 Å². The van der Waals surface area contributed by atoms with Crippen LogP contribution in [0.5, 0.6) is 11.5 Å². The fourth-order valence-electron chi connectivity index (χ4n) is 2.25. The van der Waals surface area contributed by atoms with E-state index in [2.05, 4.69) is 5.32 Å². The lowest BCUT2D eigenvalue weighted by Crippen LogP contribution is -2.30. The number of ether oxygens (including phenoxy) is 2. The van der Waals surface area contributed by atoms with E-state index in [9.17, 15) is 4.79 Å². The molecular formula is C20H25NO3S. The topological polar surface area (TPSA) is 47.6 Å². The van der Waals surface area contributed by atoms with Crippen molar-refractivity contribution in [3.63, 3.8) is 0 Å². The molecule has 0 saturated heterocycles. The summed E-state index contributed by atoms with van der Waals surface area (Å²) in [7, 11) is 1.64. The van der Waals surface area contributed by atoms with E-state index in [4.69, 9.17) is 9.47 Å². The van der Waals surface area contributed by atoms with Crippen molar-refractivity contribution in [2.45, 2.75) is 43.6 Å². The first-order chi connectivity index (χ1) is 12.0. The molecule has 0 aromatic heterocycles. The van der Waals surface area contributed by atoms with Gasteiger partial charge >= 0.3 is 0 Å². The van der Waals surface area contributed by atoms with Crippen molar-refractivity contribution in [3.05, 3.63) is 54.1 Å². The minimum Gasteiger partial charge on any atom is -0.497 e. The van der Waals surface area contributed by atoms with Crippen LogP contribution >= 0.6 is 11.8 Å². The lowest BCUT2D eigenvalue weighted by atomic mass is 10.2. The average molecular weight is 359 g/mol. The maximum atomic E-state index is 12.3. The Morgan fingerprint density at radius 3 is 2.44 bits per heavy atom. The lowest BCUT2D eigenvalue weighted by molar-refractivity contribution is -0.120. The summed E-state index contributed by atoms with van der Waals surface area (Å²) >= 11 is 1.53. The van der Waals surface area contributed by atoms with Crippen molar-refractivity contribution in [1.29, 1.82) is 0 Å². The van der Waals surface area contributed by atoms with Gasteiger partial charge in [0.2, 0.25) is 5.91 Å². The SMILES string of the molecule is COc1ccc(S[C@@H](C)C(=O)NCc2cccc(OC(C)C)c2)cc1. The van der Waals surface area contributed by atoms with Crippen LogP contribution in [0.25, 0.3) is 0 Å². The van der Waals surface area contributed by atoms with Crippen molar-refractivity contribution >= 4 is 17.7 Å². The smallest absolute Gasteiger partial charge is 0.233 e. The molecule has 0 spiro atoms. The molecule has 0 fully saturated rings. The van der Waals surface area contributed by atoms with Crippen LogP contribution in [0.1, 0.15) is 26.3 Å². The molecule has 0 aliphatic carbocycles. The van der Waals surface area contributed by atoms with Crippen LogP contribution in [0.3, 0.4) is 0 Å². The van der Waals surface area contributed by atoms with Gasteiger partial charge in [-0.05, 0) is 62.7 Å². The van der Waals surface area contributed by atoms with Gasteiger partial charge in [0.25, 0.3) is 0 Å². The second-order valence-electron chi connectivity index (χ2n) is 5.97. The zero-order valence-electron chi connectivity index (χ0n) is 15.1. The standard InChI is InChI=1S/C20H25NO3S/c1-14(2)24-18-7-5-6-16(12-18)13-21-20(22)15(3)25-19-10-8-17(23-4)9-11-19/h5-12,14-15H,13H2,1-4H3,(H,21,22)/t15-/m0/s1. The lowest BCUT2D eigenvalue weighted by Gasteiger charge is -2.14. The molecular weight excluding hydrogens is 334 g/mol. The predicted molar refractivity (Wildman–Crippen MR) is 102 cm³/mol. The molecule has 4 nitrogen and oxygen atoms in total. The molecule has 2 aromatic carbocycles. The number of carbonyl (C=O) groups is 1. The van der Waals surface area contributed by atoms with Gasteiger partial charge in [0.1, 0.15) is 11.5 Å². The van der Waals surface area contributed by atoms with E-state index in [1.807, 2.05) is 69.3 Å². The van der Waals surface area contributed by atoms with Gasteiger partial charge in [0.05, 0.1) is 18.5 Å². The molecule has 0 saturated carbocycles. The molecule has 2 aromatic rings. The highest BCUT2D eigenvalue weighted by atomic mass is 32.2. The number of hydrogen-bond donors (Lipinski definition) is 1. The minimum atomic E-state index is -0.177. The number of thioether (sulfide) groups is 1. The number of amides is 1. The second-order valence-corrected chi connectivity index (χ2v) is 7.38. The number of hydrogen-bond acceptors (Lipinski definition) is 4. The van der Waals surface area contributed by atoms with E-state index in [0.29, 0.717) is 6.54 Å². The van der Waals surface area contributed by atoms with Crippen LogP contribution in [0.15, 0.2) is 53.4 Å². The first kappa shape index (κ1) is 19.2. The number of carbonyl (C=O) groups excluding carboxylic acids is 1. The zero-order valence-corrected chi connectivity index (χ0v) is 15.9. The zero-order chi connectivity index (χ0) is 18.2. The summed E-state index contributed by atoms with van der Waals surface area (Å²) in [4.78, 5) is 13.4. The Labute approximate surface area is 153 Å². The van der Waals surface area contributed by atoms with E-state index >= 15 is 0 Å². The third-order valence-corrected chi connectivity index (χ3v) is 4.59. The van der Waals surface area contributed by atoms with Crippen molar-refractivity contribution in [1.82, 2.24) is 5.32 Å². The van der Waals surface area contributed by atoms with Crippen molar-refractivity contribution < 1.29 is 14.3 Å². The maximum Gasteiger partial charge on any atom is 0.233 e. The minimum absolute atomic E-state index is 0.0102. The van der Waals surface area contributed by atoms with Gasteiger partial charge in [-0.1, -0.05) is 12.1 Å². The van der Waals surface area contributed by atoms with Crippen LogP contribution in [0, 0.1) is 0 Å². The summed E-state index contributed by atoms with van der Waals surface area (Å²) in [5, 5.41) is 2.80. The van der Waals surface area contributed by atoms with Crippen LogP contribution < -0.4 is 14.8 Å². The van der Waals surface area contributed by atoms with Gasteiger partial charge < -0.3 is 14.8 Å². The molecule has 1 N–H and O–H groups in total. The molecule has 0 aliphatic rings. The Balaban J connectivity index is 1.86. The van der Waals surface area contributed by atoms with Gasteiger partial charge in [0, 0.05) is 11.4 Å². The normalized spacial score (nSPS) is 11.9. The summed E-state index contributed by atoms with van der Waals surface area (Å²) in [6.07, 6.45) is 0.130. The summed E-state index contributed by atoms with van der Waals surface area (Å²) < 4.78 is 10.8. The van der Waals surface area contributed by atoms with Crippen molar-refractivity contribution in [2.75, 3.05) is 7.11 Å². The number of methoxy groups -OCH3 is 1. The highest BCUT2D eigenvalue weighted by molar-refractivity contribution is 8.00. The molecule has 5 heteroatoms. The van der Waals surface area contributed by atoms with Gasteiger partial charge in [-0.15, -0.1) is 11.8 Å². The molecule has 0 bridgehead atoms. The molecule has 2 rings (SSSR count). The number of benzene rings is 2. The van der Waals surface area contributed by atoms with Crippen LogP contribution in [0.2, 0.25) is 0 Å². The van der Waals surface area contributed by atoms with E-state index in [0.717, 1.165) is 22.0 Å². The molecule has 25 heavy (non-hydrogen) atoms. The number of rotatable bonds is 8. The Kier molecular flexibility index (Phi) is 7.19. The summed E-state index contributed by atoms with van der Waals surface area (Å²) in [5.41, 5.74) is 1.02. The van der Waals surface area contributed by atoms with E-state index in [-0.39, 0.29) is 17.3 Å². The fraction of sp³-hybridized carbons (Fsp3) is 0.350. The highest BCUT2D eigenvalue weighted by Gasteiger charge is 2.14. The molecule has 1 atom stereocenters. The molecule has 1 amide bonds. The van der Waals surface area contributed by atoms with Gasteiger partial charge in [-0.3, -0.25) is 4.79 Å². The Hall–Kier alpha value is -2.14. The van der Waals surface area contributed by atoms with E-state index in [1.54, 1.807) is 7.11 Å². The summed E-state index contributed by atoms with van der Waals surface area (Å²) in [6, 6.07) is 15.5. The van der Waals surface area contributed by atoms with Gasteiger partial charge in [0.15, 0.2) is 0 Å². The predicted octanol–water partition coefficient (Wildman–Crippen LogP) is 4.28. The maximum absolute atomic E-state index is 12.3. The van der Waals surface area contributed by atoms with Gasteiger partial charge in [-0.2, -0.15) is 0 Å². The first-order valence-corrected chi connectivity index (χ1v) is 9.20. The second kappa shape index (κ2) is 9.37. The number of nitrogens with one attached hydrogen (secondary N) is 1. The van der Waals surface area contributed by atoms with Crippen LogP contribution in [0.4, 0.5) is 0 Å². The molecule has 0 unspecified atom stereocenters. The first-order valence-electron chi connectivity index (χ1n) is 8.32. The molecule has 134 valence electrons. The van der Waals surface area contributed by atoms with Crippen molar-refractivity contribution in [3.8, 4) is 11.5 Å². The van der Waals surface area contributed by atoms with Crippen molar-refractivity contribution in [2.24, 2.45) is 0 Å².